The van der Waals surface area contributed by atoms with Gasteiger partial charge in [-0.2, -0.15) is 5.10 Å². The van der Waals surface area contributed by atoms with Crippen molar-refractivity contribution in [2.45, 2.75) is 5.03 Å². The smallest absolute Gasteiger partial charge is 0.130 e. The summed E-state index contributed by atoms with van der Waals surface area (Å²) in [6, 6.07) is 0. The molecular weight excluding hydrogens is 148 g/mol. The first-order valence-electron chi connectivity index (χ1n) is 2.71. The summed E-state index contributed by atoms with van der Waals surface area (Å²) in [6.45, 7) is 0. The average molecular weight is 152 g/mol. The van der Waals surface area contributed by atoms with E-state index in [9.17, 15) is 0 Å². The molecule has 0 atom stereocenters. The zero-order chi connectivity index (χ0) is 6.81. The number of nitrogens with one attached hydrogen (secondary N) is 1. The predicted molar refractivity (Wildman–Crippen MR) is 40.0 cm³/mol. The molecule has 1 N–H and O–H groups in total. The van der Waals surface area contributed by atoms with Gasteiger partial charge in [-0.3, -0.25) is 5.43 Å². The molecule has 0 amide bonds. The number of nitrogens with zero attached hydrogens (tertiary/aromatic N) is 3. The number of hydrogen-bond acceptors (Lipinski definition) is 5. The molecule has 0 saturated heterocycles. The minimum atomic E-state index is 0.870. The largest absolute Gasteiger partial charge is 0.274 e. The second-order valence-electron chi connectivity index (χ2n) is 1.71. The van der Waals surface area contributed by atoms with Gasteiger partial charge in [0.2, 0.25) is 0 Å². The Labute approximate surface area is 61.8 Å². The highest BCUT2D eigenvalue weighted by Crippen LogP contribution is 2.24. The van der Waals surface area contributed by atoms with E-state index in [0.717, 1.165) is 10.7 Å². The van der Waals surface area contributed by atoms with Crippen molar-refractivity contribution in [3.8, 4) is 0 Å². The predicted octanol–water partition coefficient (Wildman–Crippen LogP) is 0.937. The zero-order valence-electron chi connectivity index (χ0n) is 4.98. The van der Waals surface area contributed by atoms with Crippen molar-refractivity contribution in [2.75, 3.05) is 5.43 Å². The quantitative estimate of drug-likeness (QED) is 0.562. The lowest BCUT2D eigenvalue weighted by atomic mass is 10.6. The minimum absolute atomic E-state index is 0.870. The van der Waals surface area contributed by atoms with Crippen molar-refractivity contribution >= 4 is 23.0 Å². The van der Waals surface area contributed by atoms with Crippen LogP contribution in [-0.4, -0.2) is 15.5 Å². The monoisotopic (exact) mass is 152 g/mol. The van der Waals surface area contributed by atoms with Gasteiger partial charge in [0.15, 0.2) is 0 Å². The van der Waals surface area contributed by atoms with Gasteiger partial charge < -0.3 is 0 Å². The van der Waals surface area contributed by atoms with Gasteiger partial charge in [0.1, 0.15) is 17.0 Å². The van der Waals surface area contributed by atoms with Crippen LogP contribution < -0.4 is 5.43 Å². The Morgan fingerprint density at radius 3 is 3.40 bits per heavy atom. The van der Waals surface area contributed by atoms with Crippen LogP contribution in [0.25, 0.3) is 0 Å². The van der Waals surface area contributed by atoms with E-state index in [1.165, 1.54) is 18.1 Å². The van der Waals surface area contributed by atoms with Crippen molar-refractivity contribution in [3.63, 3.8) is 0 Å². The fourth-order valence-electron chi connectivity index (χ4n) is 0.661. The van der Waals surface area contributed by atoms with Gasteiger partial charge in [-0.1, -0.05) is 11.8 Å². The normalized spacial score (nSPS) is 14.0. The van der Waals surface area contributed by atoms with E-state index in [2.05, 4.69) is 20.5 Å². The molecule has 0 aliphatic carbocycles. The van der Waals surface area contributed by atoms with Crippen molar-refractivity contribution in [2.24, 2.45) is 5.10 Å². The van der Waals surface area contributed by atoms with E-state index in [1.807, 2.05) is 0 Å². The van der Waals surface area contributed by atoms with Gasteiger partial charge >= 0.3 is 0 Å². The number of aromatic nitrogens is 2. The minimum Gasteiger partial charge on any atom is -0.274 e. The Morgan fingerprint density at radius 1 is 1.50 bits per heavy atom. The van der Waals surface area contributed by atoms with Crippen LogP contribution in [0.4, 0.5) is 5.69 Å². The Hall–Kier alpha value is -1.10. The fourth-order valence-corrected chi connectivity index (χ4v) is 1.20. The van der Waals surface area contributed by atoms with E-state index in [-0.39, 0.29) is 0 Å². The first kappa shape index (κ1) is 5.67. The number of fused-ring (bicyclic) bond motifs is 1. The molecule has 0 fully saturated rings. The number of hydrazone groups is 1. The van der Waals surface area contributed by atoms with Gasteiger partial charge in [0.25, 0.3) is 0 Å². The van der Waals surface area contributed by atoms with E-state index < -0.39 is 0 Å². The molecule has 0 saturated carbocycles. The molecule has 1 aromatic heterocycles. The third kappa shape index (κ3) is 0.841. The maximum Gasteiger partial charge on any atom is 0.130 e. The Morgan fingerprint density at radius 2 is 2.50 bits per heavy atom. The number of hydrogen-bond donors (Lipinski definition) is 1. The van der Waals surface area contributed by atoms with Crippen LogP contribution in [0.3, 0.4) is 0 Å². The van der Waals surface area contributed by atoms with Crippen LogP contribution in [0, 0.1) is 0 Å². The van der Waals surface area contributed by atoms with E-state index in [1.54, 1.807) is 11.7 Å². The molecule has 0 spiro atoms. The summed E-state index contributed by atoms with van der Waals surface area (Å²) in [5.41, 5.74) is 5.36. The average Bonchev–Trinajstić information content (AvgIpc) is 2.05. The Bertz CT molecular complexity index is 245. The lowest BCUT2D eigenvalue weighted by Crippen LogP contribution is -1.98. The highest BCUT2D eigenvalue weighted by Gasteiger charge is 2.04. The molecule has 1 aromatic rings. The highest BCUT2D eigenvalue weighted by molar-refractivity contribution is 8.12. The standard InChI is InChI=1S/C5H4N4S/c1-4-5(7-2-6-1)10-3-8-9-4/h1-3,9H. The van der Waals surface area contributed by atoms with Gasteiger partial charge in [0, 0.05) is 0 Å². The maximum atomic E-state index is 4.02. The van der Waals surface area contributed by atoms with E-state index in [0.29, 0.717) is 0 Å². The number of rotatable bonds is 0. The van der Waals surface area contributed by atoms with Crippen LogP contribution in [0.15, 0.2) is 22.7 Å². The molecule has 1 aliphatic rings. The van der Waals surface area contributed by atoms with Crippen molar-refractivity contribution < 1.29 is 0 Å². The van der Waals surface area contributed by atoms with Crippen LogP contribution >= 0.6 is 11.8 Å². The lowest BCUT2D eigenvalue weighted by Gasteiger charge is -2.06. The van der Waals surface area contributed by atoms with Crippen LogP contribution in [-0.2, 0) is 0 Å². The zero-order valence-corrected chi connectivity index (χ0v) is 5.80. The third-order valence-electron chi connectivity index (χ3n) is 1.08. The maximum absolute atomic E-state index is 4.02. The summed E-state index contributed by atoms with van der Waals surface area (Å²) in [5.74, 6) is 0. The molecule has 0 unspecified atom stereocenters. The van der Waals surface area contributed by atoms with Gasteiger partial charge in [-0.15, -0.1) is 0 Å². The molecule has 0 radical (unpaired) electrons. The Balaban J connectivity index is 2.47. The number of anilines is 1. The SMILES string of the molecule is C1=NNc2cncnc2S1. The van der Waals surface area contributed by atoms with Gasteiger partial charge in [0.05, 0.1) is 11.7 Å². The molecule has 10 heavy (non-hydrogen) atoms. The molecule has 1 aliphatic heterocycles. The van der Waals surface area contributed by atoms with Crippen molar-refractivity contribution in [3.05, 3.63) is 12.5 Å². The third-order valence-corrected chi connectivity index (χ3v) is 1.84. The summed E-state index contributed by atoms with van der Waals surface area (Å²) in [7, 11) is 0. The second kappa shape index (κ2) is 2.26. The molecule has 4 nitrogen and oxygen atoms in total. The molecule has 2 heterocycles. The van der Waals surface area contributed by atoms with Crippen molar-refractivity contribution in [1.82, 2.24) is 9.97 Å². The van der Waals surface area contributed by atoms with E-state index >= 15 is 0 Å². The van der Waals surface area contributed by atoms with Gasteiger partial charge in [-0.25, -0.2) is 9.97 Å². The summed E-state index contributed by atoms with van der Waals surface area (Å²) in [6.07, 6.45) is 3.22. The van der Waals surface area contributed by atoms with Crippen LogP contribution in [0.2, 0.25) is 0 Å². The lowest BCUT2D eigenvalue weighted by molar-refractivity contribution is 1.04. The van der Waals surface area contributed by atoms with Crippen LogP contribution in [0.5, 0.6) is 0 Å². The topological polar surface area (TPSA) is 50.2 Å². The molecule has 50 valence electrons. The number of thioether (sulfide) groups is 1. The molecule has 2 rings (SSSR count). The van der Waals surface area contributed by atoms with Crippen molar-refractivity contribution in [1.29, 1.82) is 0 Å². The van der Waals surface area contributed by atoms with Crippen LogP contribution in [0.1, 0.15) is 0 Å². The molecule has 0 aromatic carbocycles. The molecular formula is C5H4N4S. The summed E-state index contributed by atoms with van der Waals surface area (Å²) in [4.78, 5) is 7.85. The molecule has 0 bridgehead atoms. The van der Waals surface area contributed by atoms with E-state index in [4.69, 9.17) is 0 Å². The Kier molecular flexibility index (Phi) is 1.28. The first-order chi connectivity index (χ1) is 4.97. The summed E-state index contributed by atoms with van der Waals surface area (Å²) in [5, 5.41) is 4.75. The second-order valence-corrected chi connectivity index (χ2v) is 2.54. The summed E-state index contributed by atoms with van der Waals surface area (Å²) >= 11 is 1.48. The van der Waals surface area contributed by atoms with Gasteiger partial charge in [-0.05, 0) is 0 Å². The fraction of sp³-hybridized carbons (Fsp3) is 0. The summed E-state index contributed by atoms with van der Waals surface area (Å²) < 4.78 is 0. The molecule has 5 heteroatoms. The first-order valence-corrected chi connectivity index (χ1v) is 3.59. The highest BCUT2D eigenvalue weighted by atomic mass is 32.2.